The van der Waals surface area contributed by atoms with Gasteiger partial charge in [-0.2, -0.15) is 0 Å². The molecule has 0 aromatic carbocycles. The number of primary amides is 1. The normalized spacial score (nSPS) is 9.33. The van der Waals surface area contributed by atoms with E-state index in [4.69, 9.17) is 5.73 Å². The van der Waals surface area contributed by atoms with Crippen LogP contribution in [0.1, 0.15) is 16.2 Å². The zero-order valence-corrected chi connectivity index (χ0v) is 6.23. The summed E-state index contributed by atoms with van der Waals surface area (Å²) in [5.41, 5.74) is 5.37. The highest BCUT2D eigenvalue weighted by atomic mass is 16.1. The summed E-state index contributed by atoms with van der Waals surface area (Å²) in [6.07, 6.45) is 3.47. The standard InChI is InChI=1S/C7H7N3O2/c8-7(12)6-5(1-4-11)9-2-3-10-6/h2-4H,1H2,(H2,8,12). The van der Waals surface area contributed by atoms with E-state index >= 15 is 0 Å². The number of aromatic nitrogens is 2. The zero-order valence-electron chi connectivity index (χ0n) is 6.23. The highest BCUT2D eigenvalue weighted by Gasteiger charge is 2.08. The van der Waals surface area contributed by atoms with E-state index in [-0.39, 0.29) is 12.1 Å². The molecule has 12 heavy (non-hydrogen) atoms. The SMILES string of the molecule is NC(=O)c1nccnc1CC=O. The molecule has 0 atom stereocenters. The van der Waals surface area contributed by atoms with Gasteiger partial charge in [0.2, 0.25) is 0 Å². The highest BCUT2D eigenvalue weighted by molar-refractivity contribution is 5.92. The van der Waals surface area contributed by atoms with Crippen molar-refractivity contribution in [1.82, 2.24) is 9.97 Å². The predicted molar refractivity (Wildman–Crippen MR) is 40.3 cm³/mol. The fourth-order valence-electron chi connectivity index (χ4n) is 0.801. The van der Waals surface area contributed by atoms with Crippen LogP contribution in [0.2, 0.25) is 0 Å². The molecule has 0 bridgehead atoms. The Labute approximate surface area is 68.6 Å². The fraction of sp³-hybridized carbons (Fsp3) is 0.143. The Kier molecular flexibility index (Phi) is 2.47. The van der Waals surface area contributed by atoms with Crippen LogP contribution in [0.3, 0.4) is 0 Å². The second-order valence-electron chi connectivity index (χ2n) is 2.09. The van der Waals surface area contributed by atoms with Crippen LogP contribution in [0.15, 0.2) is 12.4 Å². The molecule has 62 valence electrons. The van der Waals surface area contributed by atoms with Crippen molar-refractivity contribution < 1.29 is 9.59 Å². The van der Waals surface area contributed by atoms with Gasteiger partial charge in [-0.25, -0.2) is 4.98 Å². The Bertz CT molecular complexity index is 311. The molecule has 1 amide bonds. The third-order valence-electron chi connectivity index (χ3n) is 1.28. The smallest absolute Gasteiger partial charge is 0.269 e. The van der Waals surface area contributed by atoms with E-state index in [2.05, 4.69) is 9.97 Å². The number of nitrogens with zero attached hydrogens (tertiary/aromatic N) is 2. The molecule has 1 rings (SSSR count). The molecule has 0 saturated carbocycles. The minimum absolute atomic E-state index is 0.0598. The summed E-state index contributed by atoms with van der Waals surface area (Å²) in [4.78, 5) is 28.3. The largest absolute Gasteiger partial charge is 0.364 e. The van der Waals surface area contributed by atoms with Gasteiger partial charge in [-0.05, 0) is 0 Å². The van der Waals surface area contributed by atoms with Crippen LogP contribution in [-0.2, 0) is 11.2 Å². The summed E-state index contributed by atoms with van der Waals surface area (Å²) in [5.74, 6) is -0.667. The number of carbonyl (C=O) groups is 2. The molecule has 1 aromatic rings. The molecule has 0 aliphatic heterocycles. The summed E-state index contributed by atoms with van der Waals surface area (Å²) >= 11 is 0. The fourth-order valence-corrected chi connectivity index (χ4v) is 0.801. The van der Waals surface area contributed by atoms with E-state index < -0.39 is 5.91 Å². The van der Waals surface area contributed by atoms with Crippen molar-refractivity contribution >= 4 is 12.2 Å². The molecule has 2 N–H and O–H groups in total. The van der Waals surface area contributed by atoms with Crippen molar-refractivity contribution in [2.45, 2.75) is 6.42 Å². The monoisotopic (exact) mass is 165 g/mol. The lowest BCUT2D eigenvalue weighted by Gasteiger charge is -1.98. The summed E-state index contributed by atoms with van der Waals surface area (Å²) in [7, 11) is 0. The zero-order chi connectivity index (χ0) is 8.97. The van der Waals surface area contributed by atoms with Gasteiger partial charge in [0.1, 0.15) is 12.0 Å². The topological polar surface area (TPSA) is 85.9 Å². The van der Waals surface area contributed by atoms with Gasteiger partial charge in [0, 0.05) is 18.8 Å². The van der Waals surface area contributed by atoms with Crippen LogP contribution in [0, 0.1) is 0 Å². The van der Waals surface area contributed by atoms with Crippen molar-refractivity contribution in [3.8, 4) is 0 Å². The van der Waals surface area contributed by atoms with Gasteiger partial charge in [0.25, 0.3) is 5.91 Å². The minimum Gasteiger partial charge on any atom is -0.364 e. The second-order valence-corrected chi connectivity index (χ2v) is 2.09. The van der Waals surface area contributed by atoms with Crippen LogP contribution >= 0.6 is 0 Å². The molecule has 0 aliphatic carbocycles. The molecule has 0 saturated heterocycles. The molecule has 0 radical (unpaired) electrons. The Morgan fingerprint density at radius 1 is 1.50 bits per heavy atom. The maximum Gasteiger partial charge on any atom is 0.269 e. The first-order valence-corrected chi connectivity index (χ1v) is 3.29. The number of rotatable bonds is 3. The van der Waals surface area contributed by atoms with Crippen LogP contribution in [-0.4, -0.2) is 22.2 Å². The van der Waals surface area contributed by atoms with Crippen LogP contribution in [0.5, 0.6) is 0 Å². The molecular formula is C7H7N3O2. The van der Waals surface area contributed by atoms with Gasteiger partial charge in [-0.1, -0.05) is 0 Å². The van der Waals surface area contributed by atoms with Crippen molar-refractivity contribution in [2.75, 3.05) is 0 Å². The number of amides is 1. The van der Waals surface area contributed by atoms with E-state index in [0.717, 1.165) is 0 Å². The Morgan fingerprint density at radius 3 is 2.75 bits per heavy atom. The molecule has 0 fully saturated rings. The predicted octanol–water partition coefficient (Wildman–Crippen LogP) is -0.683. The van der Waals surface area contributed by atoms with Crippen molar-refractivity contribution in [2.24, 2.45) is 5.73 Å². The molecule has 0 aliphatic rings. The lowest BCUT2D eigenvalue weighted by Crippen LogP contribution is -2.17. The number of carbonyl (C=O) groups excluding carboxylic acids is 2. The third kappa shape index (κ3) is 1.63. The summed E-state index contributed by atoms with van der Waals surface area (Å²) < 4.78 is 0. The molecule has 0 spiro atoms. The van der Waals surface area contributed by atoms with Gasteiger partial charge in [0.15, 0.2) is 0 Å². The van der Waals surface area contributed by atoms with Gasteiger partial charge < -0.3 is 10.5 Å². The summed E-state index contributed by atoms with van der Waals surface area (Å²) in [5, 5.41) is 0. The first-order valence-electron chi connectivity index (χ1n) is 3.29. The van der Waals surface area contributed by atoms with Gasteiger partial charge >= 0.3 is 0 Å². The molecule has 5 nitrogen and oxygen atoms in total. The van der Waals surface area contributed by atoms with Crippen molar-refractivity contribution in [1.29, 1.82) is 0 Å². The molecule has 1 aromatic heterocycles. The number of nitrogens with two attached hydrogens (primary N) is 1. The number of aldehydes is 1. The van der Waals surface area contributed by atoms with Crippen molar-refractivity contribution in [3.05, 3.63) is 23.8 Å². The number of hydrogen-bond donors (Lipinski definition) is 1. The van der Waals surface area contributed by atoms with E-state index in [1.807, 2.05) is 0 Å². The highest BCUT2D eigenvalue weighted by Crippen LogP contribution is 1.99. The molecule has 5 heteroatoms. The average Bonchev–Trinajstić information content (AvgIpc) is 2.05. The van der Waals surface area contributed by atoms with E-state index in [1.165, 1.54) is 12.4 Å². The Morgan fingerprint density at radius 2 is 2.17 bits per heavy atom. The third-order valence-corrected chi connectivity index (χ3v) is 1.28. The van der Waals surface area contributed by atoms with Crippen LogP contribution in [0.25, 0.3) is 0 Å². The lowest BCUT2D eigenvalue weighted by molar-refractivity contribution is -0.107. The molecule has 1 heterocycles. The Balaban J connectivity index is 3.07. The molecule has 0 unspecified atom stereocenters. The van der Waals surface area contributed by atoms with Gasteiger partial charge in [-0.15, -0.1) is 0 Å². The quantitative estimate of drug-likeness (QED) is 0.601. The molecular weight excluding hydrogens is 158 g/mol. The van der Waals surface area contributed by atoms with Crippen molar-refractivity contribution in [3.63, 3.8) is 0 Å². The van der Waals surface area contributed by atoms with E-state index in [0.29, 0.717) is 12.0 Å². The number of hydrogen-bond acceptors (Lipinski definition) is 4. The average molecular weight is 165 g/mol. The van der Waals surface area contributed by atoms with Crippen LogP contribution in [0.4, 0.5) is 0 Å². The lowest BCUT2D eigenvalue weighted by atomic mass is 10.2. The minimum atomic E-state index is -0.667. The van der Waals surface area contributed by atoms with Gasteiger partial charge in [-0.3, -0.25) is 9.78 Å². The maximum atomic E-state index is 10.7. The summed E-state index contributed by atoms with van der Waals surface area (Å²) in [6.45, 7) is 0. The first-order chi connectivity index (χ1) is 5.75. The van der Waals surface area contributed by atoms with E-state index in [1.54, 1.807) is 0 Å². The first kappa shape index (κ1) is 8.32. The van der Waals surface area contributed by atoms with Gasteiger partial charge in [0.05, 0.1) is 5.69 Å². The Hall–Kier alpha value is -1.78. The van der Waals surface area contributed by atoms with E-state index in [9.17, 15) is 9.59 Å². The van der Waals surface area contributed by atoms with Crippen LogP contribution < -0.4 is 5.73 Å². The second kappa shape index (κ2) is 3.56. The maximum absolute atomic E-state index is 10.7. The summed E-state index contributed by atoms with van der Waals surface area (Å²) in [6, 6.07) is 0.